The lowest BCUT2D eigenvalue weighted by Gasteiger charge is -2.18. The van der Waals surface area contributed by atoms with Gasteiger partial charge in [0, 0.05) is 12.1 Å². The lowest BCUT2D eigenvalue weighted by molar-refractivity contribution is 0.557. The quantitative estimate of drug-likeness (QED) is 0.758. The molecule has 0 saturated heterocycles. The Morgan fingerprint density at radius 1 is 0.619 bits per heavy atom. The van der Waals surface area contributed by atoms with Crippen molar-refractivity contribution in [1.82, 2.24) is 0 Å². The van der Waals surface area contributed by atoms with Crippen LogP contribution in [0.15, 0.2) is 72.8 Å². The number of hydrogen-bond acceptors (Lipinski definition) is 2. The van der Waals surface area contributed by atoms with Gasteiger partial charge < -0.3 is 11.5 Å². The van der Waals surface area contributed by atoms with E-state index in [4.69, 9.17) is 11.5 Å². The molecular formula is C19H20N2. The molecule has 4 N–H and O–H groups in total. The SMILES string of the molecule is NC(CC(N)c1ccc2ccccc2c1)c1ccccc1. The van der Waals surface area contributed by atoms with Crippen molar-refractivity contribution in [3.8, 4) is 0 Å². The van der Waals surface area contributed by atoms with Gasteiger partial charge in [-0.15, -0.1) is 0 Å². The van der Waals surface area contributed by atoms with E-state index in [2.05, 4.69) is 42.5 Å². The van der Waals surface area contributed by atoms with Crippen molar-refractivity contribution < 1.29 is 0 Å². The summed E-state index contributed by atoms with van der Waals surface area (Å²) in [6.07, 6.45) is 0.738. The summed E-state index contributed by atoms with van der Waals surface area (Å²) in [7, 11) is 0. The average molecular weight is 276 g/mol. The second-order valence-corrected chi connectivity index (χ2v) is 5.47. The van der Waals surface area contributed by atoms with Crippen LogP contribution in [0, 0.1) is 0 Å². The second kappa shape index (κ2) is 6.08. The van der Waals surface area contributed by atoms with E-state index in [1.165, 1.54) is 10.8 Å². The first-order valence-electron chi connectivity index (χ1n) is 7.29. The van der Waals surface area contributed by atoms with Gasteiger partial charge in [0.25, 0.3) is 0 Å². The highest BCUT2D eigenvalue weighted by Crippen LogP contribution is 2.25. The first-order valence-corrected chi connectivity index (χ1v) is 7.29. The molecule has 2 unspecified atom stereocenters. The molecule has 0 aromatic heterocycles. The molecule has 0 aliphatic carbocycles. The molecule has 2 heteroatoms. The molecule has 0 heterocycles. The molecule has 0 aliphatic heterocycles. The summed E-state index contributed by atoms with van der Waals surface area (Å²) in [4.78, 5) is 0. The zero-order valence-electron chi connectivity index (χ0n) is 11.9. The fourth-order valence-corrected chi connectivity index (χ4v) is 2.68. The molecule has 3 rings (SSSR count). The van der Waals surface area contributed by atoms with Gasteiger partial charge in [0.2, 0.25) is 0 Å². The predicted molar refractivity (Wildman–Crippen MR) is 88.9 cm³/mol. The van der Waals surface area contributed by atoms with Crippen molar-refractivity contribution in [2.45, 2.75) is 18.5 Å². The maximum Gasteiger partial charge on any atom is 0.0313 e. The van der Waals surface area contributed by atoms with Gasteiger partial charge in [0.15, 0.2) is 0 Å². The van der Waals surface area contributed by atoms with E-state index in [9.17, 15) is 0 Å². The first kappa shape index (κ1) is 13.8. The third-order valence-electron chi connectivity index (χ3n) is 3.94. The molecule has 2 nitrogen and oxygen atoms in total. The molecule has 0 spiro atoms. The minimum atomic E-state index is -0.0511. The van der Waals surface area contributed by atoms with Crippen molar-refractivity contribution in [2.75, 3.05) is 0 Å². The molecule has 0 saturated carbocycles. The van der Waals surface area contributed by atoms with Crippen LogP contribution in [0.1, 0.15) is 29.6 Å². The van der Waals surface area contributed by atoms with Gasteiger partial charge in [-0.1, -0.05) is 66.7 Å². The van der Waals surface area contributed by atoms with Crippen LogP contribution in [-0.4, -0.2) is 0 Å². The Bertz CT molecular complexity index is 722. The number of benzene rings is 3. The maximum absolute atomic E-state index is 6.34. The Hall–Kier alpha value is -2.16. The summed E-state index contributed by atoms with van der Waals surface area (Å²) in [6.45, 7) is 0. The molecule has 0 fully saturated rings. The highest BCUT2D eigenvalue weighted by Gasteiger charge is 2.13. The summed E-state index contributed by atoms with van der Waals surface area (Å²) in [5.41, 5.74) is 14.9. The molecule has 0 radical (unpaired) electrons. The smallest absolute Gasteiger partial charge is 0.0313 e. The molecule has 0 aliphatic rings. The summed E-state index contributed by atoms with van der Waals surface area (Å²) >= 11 is 0. The highest BCUT2D eigenvalue weighted by molar-refractivity contribution is 5.83. The van der Waals surface area contributed by atoms with Gasteiger partial charge in [0.05, 0.1) is 0 Å². The van der Waals surface area contributed by atoms with Crippen LogP contribution < -0.4 is 11.5 Å². The van der Waals surface area contributed by atoms with E-state index >= 15 is 0 Å². The van der Waals surface area contributed by atoms with E-state index in [0.717, 1.165) is 17.5 Å². The van der Waals surface area contributed by atoms with Crippen LogP contribution >= 0.6 is 0 Å². The summed E-state index contributed by atoms with van der Waals surface area (Å²) in [5, 5.41) is 2.46. The van der Waals surface area contributed by atoms with E-state index in [1.54, 1.807) is 0 Å². The summed E-state index contributed by atoms with van der Waals surface area (Å²) in [5.74, 6) is 0. The van der Waals surface area contributed by atoms with Crippen molar-refractivity contribution >= 4 is 10.8 Å². The zero-order valence-corrected chi connectivity index (χ0v) is 11.9. The van der Waals surface area contributed by atoms with E-state index < -0.39 is 0 Å². The van der Waals surface area contributed by atoms with E-state index in [1.807, 2.05) is 30.3 Å². The van der Waals surface area contributed by atoms with Crippen LogP contribution in [-0.2, 0) is 0 Å². The lowest BCUT2D eigenvalue weighted by Crippen LogP contribution is -2.19. The van der Waals surface area contributed by atoms with Crippen LogP contribution in [0.4, 0.5) is 0 Å². The maximum atomic E-state index is 6.34. The molecule has 21 heavy (non-hydrogen) atoms. The van der Waals surface area contributed by atoms with Gasteiger partial charge in [-0.05, 0) is 34.4 Å². The van der Waals surface area contributed by atoms with Crippen LogP contribution in [0.5, 0.6) is 0 Å². The van der Waals surface area contributed by atoms with Gasteiger partial charge in [0.1, 0.15) is 0 Å². The van der Waals surface area contributed by atoms with E-state index in [0.29, 0.717) is 0 Å². The monoisotopic (exact) mass is 276 g/mol. The Morgan fingerprint density at radius 2 is 1.24 bits per heavy atom. The number of hydrogen-bond donors (Lipinski definition) is 2. The Balaban J connectivity index is 1.79. The topological polar surface area (TPSA) is 52.0 Å². The fraction of sp³-hybridized carbons (Fsp3) is 0.158. The summed E-state index contributed by atoms with van der Waals surface area (Å²) < 4.78 is 0. The molecule has 106 valence electrons. The lowest BCUT2D eigenvalue weighted by atomic mass is 9.94. The second-order valence-electron chi connectivity index (χ2n) is 5.47. The normalized spacial score (nSPS) is 14.0. The molecular weight excluding hydrogens is 256 g/mol. The average Bonchev–Trinajstić information content (AvgIpc) is 2.55. The number of rotatable bonds is 4. The fourth-order valence-electron chi connectivity index (χ4n) is 2.68. The Morgan fingerprint density at radius 3 is 2.00 bits per heavy atom. The predicted octanol–water partition coefficient (Wildman–Crippen LogP) is 3.93. The minimum absolute atomic E-state index is 0.0346. The van der Waals surface area contributed by atoms with Crippen molar-refractivity contribution in [3.05, 3.63) is 83.9 Å². The third-order valence-corrected chi connectivity index (χ3v) is 3.94. The first-order chi connectivity index (χ1) is 10.2. The van der Waals surface area contributed by atoms with Gasteiger partial charge in [-0.2, -0.15) is 0 Å². The standard InChI is InChI=1S/C19H20N2/c20-18(15-7-2-1-3-8-15)13-19(21)17-11-10-14-6-4-5-9-16(14)12-17/h1-12,18-19H,13,20-21H2. The number of nitrogens with two attached hydrogens (primary N) is 2. The largest absolute Gasteiger partial charge is 0.324 e. The minimum Gasteiger partial charge on any atom is -0.324 e. The van der Waals surface area contributed by atoms with Crippen LogP contribution in [0.2, 0.25) is 0 Å². The van der Waals surface area contributed by atoms with E-state index in [-0.39, 0.29) is 12.1 Å². The molecule has 3 aromatic rings. The van der Waals surface area contributed by atoms with Crippen LogP contribution in [0.3, 0.4) is 0 Å². The third kappa shape index (κ3) is 3.13. The molecule has 2 atom stereocenters. The summed E-state index contributed by atoms with van der Waals surface area (Å²) in [6, 6.07) is 24.8. The van der Waals surface area contributed by atoms with Gasteiger partial charge >= 0.3 is 0 Å². The van der Waals surface area contributed by atoms with Gasteiger partial charge in [-0.25, -0.2) is 0 Å². The Kier molecular flexibility index (Phi) is 4.00. The zero-order chi connectivity index (χ0) is 14.7. The highest BCUT2D eigenvalue weighted by atomic mass is 14.7. The van der Waals surface area contributed by atoms with Gasteiger partial charge in [-0.3, -0.25) is 0 Å². The molecule has 0 bridgehead atoms. The molecule has 3 aromatic carbocycles. The van der Waals surface area contributed by atoms with Crippen LogP contribution in [0.25, 0.3) is 10.8 Å². The van der Waals surface area contributed by atoms with Crippen molar-refractivity contribution in [2.24, 2.45) is 11.5 Å². The molecule has 0 amide bonds. The van der Waals surface area contributed by atoms with Crippen molar-refractivity contribution in [3.63, 3.8) is 0 Å². The Labute approximate surface area is 125 Å². The van der Waals surface area contributed by atoms with Crippen molar-refractivity contribution in [1.29, 1.82) is 0 Å². The number of fused-ring (bicyclic) bond motifs is 1.